The second-order valence-corrected chi connectivity index (χ2v) is 4.59. The fraction of sp³-hybridized carbons (Fsp3) is 0. The van der Waals surface area contributed by atoms with Gasteiger partial charge in [-0.2, -0.15) is 0 Å². The summed E-state index contributed by atoms with van der Waals surface area (Å²) in [5, 5.41) is 4.29. The van der Waals surface area contributed by atoms with Gasteiger partial charge in [-0.15, -0.1) is 24.0 Å². The largest absolute Gasteiger partial charge is 0.142 e. The Morgan fingerprint density at radius 3 is 2.75 bits per heavy atom. The average Bonchev–Trinajstić information content (AvgIpc) is 2.33. The lowest BCUT2D eigenvalue weighted by atomic mass is 10.3. The summed E-state index contributed by atoms with van der Waals surface area (Å²) in [6, 6.07) is 3.68. The minimum absolute atomic E-state index is 0.674. The van der Waals surface area contributed by atoms with E-state index in [9.17, 15) is 0 Å². The highest BCUT2D eigenvalue weighted by atomic mass is 35.5. The maximum absolute atomic E-state index is 5.93. The van der Waals surface area contributed by atoms with Crippen molar-refractivity contribution in [3.8, 4) is 0 Å². The molecule has 0 N–H and O–H groups in total. The van der Waals surface area contributed by atoms with Gasteiger partial charge in [-0.3, -0.25) is 0 Å². The van der Waals surface area contributed by atoms with Crippen LogP contribution in [0.1, 0.15) is 0 Å². The van der Waals surface area contributed by atoms with E-state index in [0.29, 0.717) is 5.02 Å². The Morgan fingerprint density at radius 2 is 2.00 bits per heavy atom. The molecule has 12 heavy (non-hydrogen) atoms. The zero-order valence-electron chi connectivity index (χ0n) is 5.84. The lowest BCUT2D eigenvalue weighted by Crippen LogP contribution is -1.68. The summed E-state index contributed by atoms with van der Waals surface area (Å²) < 4.78 is 1.09. The molecule has 1 aromatic heterocycles. The van der Waals surface area contributed by atoms with Crippen molar-refractivity contribution in [2.24, 2.45) is 0 Å². The van der Waals surface area contributed by atoms with E-state index in [4.69, 9.17) is 23.2 Å². The van der Waals surface area contributed by atoms with Crippen molar-refractivity contribution in [1.29, 1.82) is 0 Å². The molecule has 0 aliphatic rings. The van der Waals surface area contributed by atoms with Gasteiger partial charge in [-0.05, 0) is 12.1 Å². The molecule has 0 radical (unpaired) electrons. The number of hydrogen-bond acceptors (Lipinski definition) is 2. The Hall–Kier alpha value is 0.110. The van der Waals surface area contributed by atoms with Crippen molar-refractivity contribution >= 4 is 57.3 Å². The molecule has 0 saturated heterocycles. The third-order valence-corrected chi connectivity index (χ3v) is 3.77. The molecule has 62 valence electrons. The van der Waals surface area contributed by atoms with Gasteiger partial charge in [0.1, 0.15) is 0 Å². The first-order valence-electron chi connectivity index (χ1n) is 3.23. The average molecular weight is 235 g/mol. The van der Waals surface area contributed by atoms with Crippen LogP contribution in [0.2, 0.25) is 10.0 Å². The second kappa shape index (κ2) is 3.11. The summed E-state index contributed by atoms with van der Waals surface area (Å²) in [5.74, 6) is 0. The summed E-state index contributed by atoms with van der Waals surface area (Å²) >= 11 is 17.7. The summed E-state index contributed by atoms with van der Waals surface area (Å²) in [6.45, 7) is 0. The van der Waals surface area contributed by atoms with E-state index in [1.807, 2.05) is 17.5 Å². The molecule has 0 amide bonds. The number of hydrogen-bond donors (Lipinski definition) is 1. The quantitative estimate of drug-likeness (QED) is 0.638. The molecule has 1 heterocycles. The fourth-order valence-corrected chi connectivity index (χ4v) is 2.93. The van der Waals surface area contributed by atoms with E-state index < -0.39 is 0 Å². The molecule has 0 atom stereocenters. The Morgan fingerprint density at radius 1 is 1.25 bits per heavy atom. The van der Waals surface area contributed by atoms with Gasteiger partial charge in [0.05, 0.1) is 5.02 Å². The first-order chi connectivity index (χ1) is 5.68. The normalized spacial score (nSPS) is 10.9. The monoisotopic (exact) mass is 234 g/mol. The van der Waals surface area contributed by atoms with Crippen LogP contribution in [0.5, 0.6) is 0 Å². The molecule has 0 aliphatic carbocycles. The van der Waals surface area contributed by atoms with E-state index in [1.165, 1.54) is 0 Å². The molecule has 4 heteroatoms. The summed E-state index contributed by atoms with van der Waals surface area (Å²) in [5.41, 5.74) is 0. The lowest BCUT2D eigenvalue weighted by molar-refractivity contribution is 1.61. The maximum atomic E-state index is 5.93. The van der Waals surface area contributed by atoms with Crippen molar-refractivity contribution in [3.63, 3.8) is 0 Å². The predicted molar refractivity (Wildman–Crippen MR) is 59.1 cm³/mol. The molecule has 0 fully saturated rings. The van der Waals surface area contributed by atoms with Crippen LogP contribution >= 0.6 is 47.2 Å². The van der Waals surface area contributed by atoms with Crippen molar-refractivity contribution in [2.75, 3.05) is 0 Å². The minimum atomic E-state index is 0.674. The number of benzene rings is 1. The second-order valence-electron chi connectivity index (χ2n) is 2.39. The van der Waals surface area contributed by atoms with Crippen LogP contribution in [0.3, 0.4) is 0 Å². The molecule has 0 nitrogen and oxygen atoms in total. The highest BCUT2D eigenvalue weighted by molar-refractivity contribution is 7.80. The standard InChI is InChI=1S/C8H4Cl2S2/c9-4-1-5-6(10)3-12-8(5)7(11)2-4/h1-3,11H. The number of thiol groups is 1. The van der Waals surface area contributed by atoms with Gasteiger partial charge >= 0.3 is 0 Å². The smallest absolute Gasteiger partial charge is 0.0592 e. The van der Waals surface area contributed by atoms with Crippen LogP contribution in [0.4, 0.5) is 0 Å². The van der Waals surface area contributed by atoms with Crippen molar-refractivity contribution in [1.82, 2.24) is 0 Å². The molecule has 1 aromatic carbocycles. The van der Waals surface area contributed by atoms with Gasteiger partial charge < -0.3 is 0 Å². The van der Waals surface area contributed by atoms with Gasteiger partial charge in [0.15, 0.2) is 0 Å². The van der Waals surface area contributed by atoms with E-state index >= 15 is 0 Å². The number of rotatable bonds is 0. The molecule has 2 aromatic rings. The van der Waals surface area contributed by atoms with Crippen molar-refractivity contribution in [2.45, 2.75) is 4.90 Å². The third kappa shape index (κ3) is 1.33. The van der Waals surface area contributed by atoms with Gasteiger partial charge in [-0.1, -0.05) is 23.2 Å². The van der Waals surface area contributed by atoms with E-state index in [0.717, 1.165) is 20.0 Å². The molecule has 0 spiro atoms. The highest BCUT2D eigenvalue weighted by Crippen LogP contribution is 2.36. The van der Waals surface area contributed by atoms with E-state index in [1.54, 1.807) is 11.3 Å². The SMILES string of the molecule is Sc1cc(Cl)cc2c(Cl)csc12. The van der Waals surface area contributed by atoms with E-state index in [-0.39, 0.29) is 0 Å². The Kier molecular flexibility index (Phi) is 2.25. The Labute approximate surface area is 89.5 Å². The summed E-state index contributed by atoms with van der Waals surface area (Å²) in [7, 11) is 0. The van der Waals surface area contributed by atoms with Gasteiger partial charge in [0.2, 0.25) is 0 Å². The topological polar surface area (TPSA) is 0 Å². The van der Waals surface area contributed by atoms with Crippen LogP contribution in [0, 0.1) is 0 Å². The minimum Gasteiger partial charge on any atom is -0.142 e. The van der Waals surface area contributed by atoms with Crippen molar-refractivity contribution in [3.05, 3.63) is 27.6 Å². The number of halogens is 2. The molecule has 0 aliphatic heterocycles. The van der Waals surface area contributed by atoms with Crippen LogP contribution < -0.4 is 0 Å². The van der Waals surface area contributed by atoms with Crippen LogP contribution in [0.25, 0.3) is 10.1 Å². The van der Waals surface area contributed by atoms with Gasteiger partial charge in [0.25, 0.3) is 0 Å². The van der Waals surface area contributed by atoms with Crippen LogP contribution in [0.15, 0.2) is 22.4 Å². The van der Waals surface area contributed by atoms with Crippen molar-refractivity contribution < 1.29 is 0 Å². The molecule has 2 rings (SSSR count). The first kappa shape index (κ1) is 8.70. The Bertz CT molecular complexity index is 434. The zero-order chi connectivity index (χ0) is 8.72. The van der Waals surface area contributed by atoms with Crippen LogP contribution in [-0.4, -0.2) is 0 Å². The third-order valence-electron chi connectivity index (χ3n) is 1.57. The zero-order valence-corrected chi connectivity index (χ0v) is 9.07. The predicted octanol–water partition coefficient (Wildman–Crippen LogP) is 4.50. The molecule has 0 unspecified atom stereocenters. The lowest BCUT2D eigenvalue weighted by Gasteiger charge is -1.96. The summed E-state index contributed by atoms with van der Waals surface area (Å²) in [4.78, 5) is 0.884. The van der Waals surface area contributed by atoms with Crippen LogP contribution in [-0.2, 0) is 0 Å². The van der Waals surface area contributed by atoms with E-state index in [2.05, 4.69) is 12.6 Å². The summed E-state index contributed by atoms with van der Waals surface area (Å²) in [6.07, 6.45) is 0. The molecule has 0 saturated carbocycles. The maximum Gasteiger partial charge on any atom is 0.0592 e. The molecular weight excluding hydrogens is 231 g/mol. The molecular formula is C8H4Cl2S2. The Balaban J connectivity index is 2.92. The number of thiophene rings is 1. The molecule has 0 bridgehead atoms. The highest BCUT2D eigenvalue weighted by Gasteiger charge is 2.05. The van der Waals surface area contributed by atoms with Gasteiger partial charge in [0, 0.05) is 25.4 Å². The van der Waals surface area contributed by atoms with Gasteiger partial charge in [-0.25, -0.2) is 0 Å². The number of fused-ring (bicyclic) bond motifs is 1. The fourth-order valence-electron chi connectivity index (χ4n) is 1.05. The first-order valence-corrected chi connectivity index (χ1v) is 5.32.